The maximum absolute atomic E-state index is 12.0. The first-order valence-electron chi connectivity index (χ1n) is 7.34. The summed E-state index contributed by atoms with van der Waals surface area (Å²) in [5.74, 6) is 0.810. The fourth-order valence-corrected chi connectivity index (χ4v) is 2.52. The van der Waals surface area contributed by atoms with Gasteiger partial charge >= 0.3 is 0 Å². The lowest BCUT2D eigenvalue weighted by atomic mass is 10.1. The van der Waals surface area contributed by atoms with Crippen molar-refractivity contribution < 1.29 is 13.7 Å². The van der Waals surface area contributed by atoms with Crippen molar-refractivity contribution >= 4 is 5.91 Å². The molecule has 3 rings (SSSR count). The van der Waals surface area contributed by atoms with E-state index in [1.807, 2.05) is 0 Å². The van der Waals surface area contributed by atoms with Gasteiger partial charge in [-0.25, -0.2) is 0 Å². The van der Waals surface area contributed by atoms with Gasteiger partial charge in [0.05, 0.1) is 6.26 Å². The minimum atomic E-state index is -0.214. The van der Waals surface area contributed by atoms with Crippen LogP contribution >= 0.6 is 0 Å². The summed E-state index contributed by atoms with van der Waals surface area (Å²) in [7, 11) is 0. The Hall–Kier alpha value is -2.08. The maximum Gasteiger partial charge on any atom is 0.273 e. The zero-order chi connectivity index (χ0) is 14.5. The molecule has 2 aromatic rings. The van der Waals surface area contributed by atoms with Crippen molar-refractivity contribution in [3.63, 3.8) is 0 Å². The molecule has 0 aromatic carbocycles. The highest BCUT2D eigenvalue weighted by atomic mass is 16.5. The molecule has 2 aromatic heterocycles. The minimum absolute atomic E-state index is 0.214. The molecular formula is C15H19N3O3. The van der Waals surface area contributed by atoms with E-state index in [0.29, 0.717) is 18.1 Å². The lowest BCUT2D eigenvalue weighted by molar-refractivity contribution is 0.0937. The second-order valence-electron chi connectivity index (χ2n) is 5.21. The van der Waals surface area contributed by atoms with Crippen LogP contribution in [-0.4, -0.2) is 42.1 Å². The maximum atomic E-state index is 12.0. The third kappa shape index (κ3) is 3.52. The van der Waals surface area contributed by atoms with Crippen molar-refractivity contribution in [2.45, 2.75) is 19.3 Å². The van der Waals surface area contributed by atoms with Crippen molar-refractivity contribution in [1.82, 2.24) is 15.4 Å². The Balaban J connectivity index is 1.49. The van der Waals surface area contributed by atoms with E-state index in [9.17, 15) is 4.79 Å². The second kappa shape index (κ2) is 6.58. The monoisotopic (exact) mass is 289 g/mol. The highest BCUT2D eigenvalue weighted by molar-refractivity contribution is 5.92. The van der Waals surface area contributed by atoms with E-state index < -0.39 is 0 Å². The van der Waals surface area contributed by atoms with Crippen LogP contribution in [0.3, 0.4) is 0 Å². The van der Waals surface area contributed by atoms with Crippen LogP contribution in [0.1, 0.15) is 29.8 Å². The molecular weight excluding hydrogens is 270 g/mol. The summed E-state index contributed by atoms with van der Waals surface area (Å²) in [5.41, 5.74) is 0.278. The number of piperidine rings is 1. The number of hydrogen-bond acceptors (Lipinski definition) is 5. The topological polar surface area (TPSA) is 71.5 Å². The molecule has 0 unspecified atom stereocenters. The number of furan rings is 1. The summed E-state index contributed by atoms with van der Waals surface area (Å²) in [5, 5.41) is 6.65. The highest BCUT2D eigenvalue weighted by Gasteiger charge is 2.15. The zero-order valence-corrected chi connectivity index (χ0v) is 11.9. The number of rotatable bonds is 5. The number of carbonyl (C=O) groups excluding carboxylic acids is 1. The fourth-order valence-electron chi connectivity index (χ4n) is 2.52. The van der Waals surface area contributed by atoms with Crippen LogP contribution in [-0.2, 0) is 0 Å². The number of hydrogen-bond donors (Lipinski definition) is 1. The van der Waals surface area contributed by atoms with Gasteiger partial charge in [-0.3, -0.25) is 4.79 Å². The lowest BCUT2D eigenvalue weighted by Gasteiger charge is -2.26. The number of likely N-dealkylation sites (tertiary alicyclic amines) is 1. The molecule has 1 saturated heterocycles. The van der Waals surface area contributed by atoms with Crippen LogP contribution in [0.25, 0.3) is 11.5 Å². The van der Waals surface area contributed by atoms with Gasteiger partial charge in [0.15, 0.2) is 11.5 Å². The summed E-state index contributed by atoms with van der Waals surface area (Å²) in [6.07, 6.45) is 5.38. The first-order valence-corrected chi connectivity index (χ1v) is 7.34. The zero-order valence-electron chi connectivity index (χ0n) is 11.9. The molecule has 1 N–H and O–H groups in total. The molecule has 6 heteroatoms. The van der Waals surface area contributed by atoms with Crippen molar-refractivity contribution in [1.29, 1.82) is 0 Å². The second-order valence-corrected chi connectivity index (χ2v) is 5.21. The average molecular weight is 289 g/mol. The summed E-state index contributed by atoms with van der Waals surface area (Å²) in [6.45, 7) is 3.77. The van der Waals surface area contributed by atoms with Crippen molar-refractivity contribution in [2.24, 2.45) is 0 Å². The minimum Gasteiger partial charge on any atom is -0.461 e. The molecule has 1 fully saturated rings. The average Bonchev–Trinajstić information content (AvgIpc) is 3.19. The van der Waals surface area contributed by atoms with E-state index >= 15 is 0 Å². The van der Waals surface area contributed by atoms with Gasteiger partial charge in [-0.1, -0.05) is 11.6 Å². The van der Waals surface area contributed by atoms with E-state index in [1.165, 1.54) is 19.3 Å². The summed E-state index contributed by atoms with van der Waals surface area (Å²) < 4.78 is 10.3. The molecule has 21 heavy (non-hydrogen) atoms. The van der Waals surface area contributed by atoms with Crippen LogP contribution in [0.5, 0.6) is 0 Å². The number of aromatic nitrogens is 1. The summed E-state index contributed by atoms with van der Waals surface area (Å²) in [6, 6.07) is 5.11. The molecule has 0 spiro atoms. The number of amides is 1. The van der Waals surface area contributed by atoms with Crippen LogP contribution in [0, 0.1) is 0 Å². The molecule has 112 valence electrons. The molecule has 0 aliphatic carbocycles. The van der Waals surface area contributed by atoms with E-state index in [4.69, 9.17) is 8.94 Å². The number of nitrogens with one attached hydrogen (secondary N) is 1. The van der Waals surface area contributed by atoms with E-state index in [-0.39, 0.29) is 11.6 Å². The molecule has 1 aliphatic rings. The van der Waals surface area contributed by atoms with Gasteiger partial charge < -0.3 is 19.2 Å². The third-order valence-electron chi connectivity index (χ3n) is 3.67. The van der Waals surface area contributed by atoms with E-state index in [1.54, 1.807) is 24.5 Å². The molecule has 0 radical (unpaired) electrons. The standard InChI is InChI=1S/C15H19N3O3/c19-15(16-6-9-18-7-2-1-3-8-18)12-11-14(21-17-12)13-5-4-10-20-13/h4-5,10-11H,1-3,6-9H2,(H,16,19). The Morgan fingerprint density at radius 1 is 1.29 bits per heavy atom. The molecule has 1 amide bonds. The summed E-state index contributed by atoms with van der Waals surface area (Å²) >= 11 is 0. The first kappa shape index (κ1) is 13.9. The smallest absolute Gasteiger partial charge is 0.273 e. The fraction of sp³-hybridized carbons (Fsp3) is 0.467. The Morgan fingerprint density at radius 3 is 2.90 bits per heavy atom. The van der Waals surface area contributed by atoms with Gasteiger partial charge in [-0.15, -0.1) is 0 Å². The van der Waals surface area contributed by atoms with Gasteiger partial charge in [0.25, 0.3) is 5.91 Å². The van der Waals surface area contributed by atoms with Crippen LogP contribution in [0.15, 0.2) is 33.4 Å². The van der Waals surface area contributed by atoms with Gasteiger partial charge in [-0.05, 0) is 38.1 Å². The molecule has 0 saturated carbocycles. The van der Waals surface area contributed by atoms with Crippen LogP contribution < -0.4 is 5.32 Å². The SMILES string of the molecule is O=C(NCCN1CCCCC1)c1cc(-c2ccco2)on1. The molecule has 3 heterocycles. The third-order valence-corrected chi connectivity index (χ3v) is 3.67. The van der Waals surface area contributed by atoms with Crippen LogP contribution in [0.2, 0.25) is 0 Å². The predicted molar refractivity (Wildman–Crippen MR) is 76.8 cm³/mol. The van der Waals surface area contributed by atoms with Gasteiger partial charge in [0.1, 0.15) is 0 Å². The Morgan fingerprint density at radius 2 is 2.14 bits per heavy atom. The molecule has 6 nitrogen and oxygen atoms in total. The Bertz CT molecular complexity index is 571. The Labute approximate surface area is 123 Å². The number of carbonyl (C=O) groups is 1. The van der Waals surface area contributed by atoms with Gasteiger partial charge in [0.2, 0.25) is 5.76 Å². The van der Waals surface area contributed by atoms with E-state index in [2.05, 4.69) is 15.4 Å². The van der Waals surface area contributed by atoms with Gasteiger partial charge in [0, 0.05) is 19.2 Å². The normalized spacial score (nSPS) is 16.0. The highest BCUT2D eigenvalue weighted by Crippen LogP contribution is 2.20. The predicted octanol–water partition coefficient (Wildman–Crippen LogP) is 2.15. The first-order chi connectivity index (χ1) is 10.3. The Kier molecular flexibility index (Phi) is 4.35. The quantitative estimate of drug-likeness (QED) is 0.913. The van der Waals surface area contributed by atoms with Gasteiger partial charge in [-0.2, -0.15) is 0 Å². The van der Waals surface area contributed by atoms with Crippen LogP contribution in [0.4, 0.5) is 0 Å². The van der Waals surface area contributed by atoms with Crippen molar-refractivity contribution in [2.75, 3.05) is 26.2 Å². The van der Waals surface area contributed by atoms with Crippen molar-refractivity contribution in [3.05, 3.63) is 30.2 Å². The molecule has 0 bridgehead atoms. The van der Waals surface area contributed by atoms with Crippen molar-refractivity contribution in [3.8, 4) is 11.5 Å². The number of nitrogens with zero attached hydrogens (tertiary/aromatic N) is 2. The lowest BCUT2D eigenvalue weighted by Crippen LogP contribution is -2.37. The van der Waals surface area contributed by atoms with E-state index in [0.717, 1.165) is 19.6 Å². The summed E-state index contributed by atoms with van der Waals surface area (Å²) in [4.78, 5) is 14.4. The molecule has 1 aliphatic heterocycles. The molecule has 0 atom stereocenters. The largest absolute Gasteiger partial charge is 0.461 e.